The predicted octanol–water partition coefficient (Wildman–Crippen LogP) is 12.7. The second-order valence-corrected chi connectivity index (χ2v) is 13.7. The number of hydrogen-bond donors (Lipinski definition) is 0. The minimum atomic E-state index is -0.489. The number of aromatic nitrogens is 5. The molecule has 0 bridgehead atoms. The third kappa shape index (κ3) is 5.13. The fourth-order valence-electron chi connectivity index (χ4n) is 8.04. The van der Waals surface area contributed by atoms with Gasteiger partial charge in [0.15, 0.2) is 11.6 Å². The molecule has 5 nitrogen and oxygen atoms in total. The van der Waals surface area contributed by atoms with Crippen molar-refractivity contribution in [2.75, 3.05) is 0 Å². The van der Waals surface area contributed by atoms with Crippen LogP contribution in [-0.4, -0.2) is 24.1 Å². The molecule has 0 saturated heterocycles. The molecule has 0 fully saturated rings. The lowest BCUT2D eigenvalue weighted by atomic mass is 9.99. The van der Waals surface area contributed by atoms with Crippen molar-refractivity contribution >= 4 is 43.6 Å². The minimum absolute atomic E-state index is 0.0333. The van der Waals surface area contributed by atoms with Crippen LogP contribution in [0.25, 0.3) is 100 Å². The van der Waals surface area contributed by atoms with Crippen molar-refractivity contribution in [2.45, 2.75) is 0 Å². The van der Waals surface area contributed by atoms with E-state index >= 15 is 0 Å². The normalized spacial score (nSPS) is 12.8. The second kappa shape index (κ2) is 13.0. The Morgan fingerprint density at radius 3 is 1.64 bits per heavy atom. The average molecular weight is 721 g/mol. The molecule has 11 rings (SSSR count). The van der Waals surface area contributed by atoms with E-state index in [0.29, 0.717) is 11.4 Å². The molecule has 5 heteroatoms. The molecule has 0 unspecified atom stereocenters. The van der Waals surface area contributed by atoms with Gasteiger partial charge in [-0.2, -0.15) is 9.97 Å². The van der Waals surface area contributed by atoms with Gasteiger partial charge in [-0.3, -0.25) is 4.57 Å². The summed E-state index contributed by atoms with van der Waals surface area (Å²) < 4.78 is 47.9. The average Bonchev–Trinajstić information content (AvgIpc) is 3.84. The van der Waals surface area contributed by atoms with Crippen molar-refractivity contribution in [1.82, 2.24) is 24.1 Å². The molecule has 3 aromatic heterocycles. The number of fused-ring (bicyclic) bond motifs is 7. The standard InChI is InChI=1S/C51H33N5/c1-4-17-34(18-5-1)37-23-16-24-38(33-37)55-45-29-14-12-26-40(45)42-31-32-43-41-27-13-15-30-46(41)56(48(43)47(42)55)51-53-49(36-21-8-3-9-22-36)52-50(54-51)44-28-11-10-25-39(44)35-19-6-2-7-20-35/h1-33H/i3D,8D,9D,21D,22D. The van der Waals surface area contributed by atoms with Gasteiger partial charge in [0.25, 0.3) is 0 Å². The van der Waals surface area contributed by atoms with Crippen LogP contribution in [0, 0.1) is 0 Å². The topological polar surface area (TPSA) is 48.5 Å². The molecule has 0 aliphatic carbocycles. The van der Waals surface area contributed by atoms with E-state index in [-0.39, 0.29) is 17.3 Å². The quantitative estimate of drug-likeness (QED) is 0.172. The first-order chi connectivity index (χ1) is 29.9. The first-order valence-electron chi connectivity index (χ1n) is 21.0. The monoisotopic (exact) mass is 720 g/mol. The fourth-order valence-corrected chi connectivity index (χ4v) is 8.04. The van der Waals surface area contributed by atoms with E-state index in [2.05, 4.69) is 83.4 Å². The highest BCUT2D eigenvalue weighted by molar-refractivity contribution is 6.23. The minimum Gasteiger partial charge on any atom is -0.307 e. The second-order valence-electron chi connectivity index (χ2n) is 13.7. The van der Waals surface area contributed by atoms with E-state index < -0.39 is 30.2 Å². The van der Waals surface area contributed by atoms with Crippen LogP contribution in [0.5, 0.6) is 0 Å². The van der Waals surface area contributed by atoms with Crippen molar-refractivity contribution in [2.24, 2.45) is 0 Å². The number of para-hydroxylation sites is 2. The Morgan fingerprint density at radius 2 is 0.929 bits per heavy atom. The molecule has 8 aromatic carbocycles. The van der Waals surface area contributed by atoms with E-state index in [1.165, 1.54) is 0 Å². The fraction of sp³-hybridized carbons (Fsp3) is 0. The first kappa shape index (κ1) is 27.0. The highest BCUT2D eigenvalue weighted by Crippen LogP contribution is 2.42. The first-order valence-corrected chi connectivity index (χ1v) is 18.5. The zero-order valence-electron chi connectivity index (χ0n) is 34.9. The van der Waals surface area contributed by atoms with Crippen molar-refractivity contribution in [3.05, 3.63) is 200 Å². The number of rotatable bonds is 6. The van der Waals surface area contributed by atoms with Crippen LogP contribution in [0.3, 0.4) is 0 Å². The van der Waals surface area contributed by atoms with E-state index in [0.717, 1.165) is 71.6 Å². The third-order valence-corrected chi connectivity index (χ3v) is 10.5. The summed E-state index contributed by atoms with van der Waals surface area (Å²) in [4.78, 5) is 15.3. The molecule has 0 aliphatic heterocycles. The lowest BCUT2D eigenvalue weighted by Crippen LogP contribution is -2.07. The zero-order valence-corrected chi connectivity index (χ0v) is 29.9. The molecule has 3 heterocycles. The lowest BCUT2D eigenvalue weighted by molar-refractivity contribution is 0.953. The summed E-state index contributed by atoms with van der Waals surface area (Å²) in [5.74, 6) is 0.498. The van der Waals surface area contributed by atoms with Gasteiger partial charge in [-0.1, -0.05) is 176 Å². The summed E-state index contributed by atoms with van der Waals surface area (Å²) in [5.41, 5.74) is 9.23. The molecule has 262 valence electrons. The highest BCUT2D eigenvalue weighted by atomic mass is 15.2. The molecule has 0 spiro atoms. The maximum atomic E-state index is 9.02. The van der Waals surface area contributed by atoms with Gasteiger partial charge in [0.2, 0.25) is 5.95 Å². The summed E-state index contributed by atoms with van der Waals surface area (Å²) in [6.07, 6.45) is 0. The summed E-state index contributed by atoms with van der Waals surface area (Å²) in [6, 6.07) is 55.3. The van der Waals surface area contributed by atoms with Crippen LogP contribution in [0.2, 0.25) is 0 Å². The number of hydrogen-bond acceptors (Lipinski definition) is 3. The molecule has 0 amide bonds. The molecule has 0 saturated carbocycles. The largest absolute Gasteiger partial charge is 0.307 e. The van der Waals surface area contributed by atoms with Gasteiger partial charge in [0, 0.05) is 38.4 Å². The smallest absolute Gasteiger partial charge is 0.238 e. The van der Waals surface area contributed by atoms with Crippen molar-refractivity contribution in [1.29, 1.82) is 0 Å². The third-order valence-electron chi connectivity index (χ3n) is 10.5. The molecule has 11 aromatic rings. The van der Waals surface area contributed by atoms with Crippen LogP contribution >= 0.6 is 0 Å². The SMILES string of the molecule is [2H]c1c([2H])c([2H])c(-c2nc(-c3ccccc3-c3ccccc3)nc(-n3c4ccccc4c4ccc5c6ccccc6n(-c6cccc(-c7ccccc7)c6)c5c43)n2)c([2H])c1[2H]. The van der Waals surface area contributed by atoms with Gasteiger partial charge in [-0.15, -0.1) is 0 Å². The van der Waals surface area contributed by atoms with Crippen molar-refractivity contribution < 1.29 is 6.85 Å². The van der Waals surface area contributed by atoms with Gasteiger partial charge in [-0.25, -0.2) is 4.98 Å². The molecular formula is C51H33N5. The van der Waals surface area contributed by atoms with E-state index in [4.69, 9.17) is 21.8 Å². The maximum Gasteiger partial charge on any atom is 0.238 e. The summed E-state index contributed by atoms with van der Waals surface area (Å²) in [7, 11) is 0. The molecule has 0 aliphatic rings. The summed E-state index contributed by atoms with van der Waals surface area (Å²) in [6.45, 7) is 0. The van der Waals surface area contributed by atoms with Gasteiger partial charge >= 0.3 is 0 Å². The molecule has 0 atom stereocenters. The van der Waals surface area contributed by atoms with E-state index in [1.54, 1.807) is 0 Å². The van der Waals surface area contributed by atoms with Crippen LogP contribution in [0.1, 0.15) is 6.85 Å². The molecule has 56 heavy (non-hydrogen) atoms. The Hall–Kier alpha value is -7.63. The molecule has 0 radical (unpaired) electrons. The predicted molar refractivity (Wildman–Crippen MR) is 230 cm³/mol. The number of nitrogens with zero attached hydrogens (tertiary/aromatic N) is 5. The Kier molecular flexibility index (Phi) is 6.29. The van der Waals surface area contributed by atoms with Gasteiger partial charge < -0.3 is 4.57 Å². The van der Waals surface area contributed by atoms with Crippen molar-refractivity contribution in [3.63, 3.8) is 0 Å². The van der Waals surface area contributed by atoms with Gasteiger partial charge in [0.05, 0.1) is 28.9 Å². The van der Waals surface area contributed by atoms with Crippen LogP contribution in [0.15, 0.2) is 200 Å². The van der Waals surface area contributed by atoms with E-state index in [1.807, 2.05) is 95.6 Å². The Balaban J connectivity index is 1.29. The maximum absolute atomic E-state index is 9.02. The van der Waals surface area contributed by atoms with Crippen LogP contribution < -0.4 is 0 Å². The number of benzene rings is 8. The highest BCUT2D eigenvalue weighted by Gasteiger charge is 2.24. The zero-order chi connectivity index (χ0) is 41.4. The lowest BCUT2D eigenvalue weighted by Gasteiger charge is -2.15. The van der Waals surface area contributed by atoms with E-state index in [9.17, 15) is 0 Å². The van der Waals surface area contributed by atoms with Crippen LogP contribution in [-0.2, 0) is 0 Å². The Labute approximate surface area is 330 Å². The van der Waals surface area contributed by atoms with Crippen LogP contribution in [0.4, 0.5) is 0 Å². The molecule has 0 N–H and O–H groups in total. The van der Waals surface area contributed by atoms with Gasteiger partial charge in [0.1, 0.15) is 0 Å². The summed E-state index contributed by atoms with van der Waals surface area (Å²) >= 11 is 0. The molecular weight excluding hydrogens is 683 g/mol. The Bertz CT molecular complexity index is 3520. The summed E-state index contributed by atoms with van der Waals surface area (Å²) in [5, 5.41) is 4.06. The Morgan fingerprint density at radius 1 is 0.375 bits per heavy atom. The van der Waals surface area contributed by atoms with Gasteiger partial charge in [-0.05, 0) is 46.5 Å². The van der Waals surface area contributed by atoms with Crippen molar-refractivity contribution in [3.8, 4) is 56.7 Å².